The summed E-state index contributed by atoms with van der Waals surface area (Å²) in [5.41, 5.74) is 6.69. The highest BCUT2D eigenvalue weighted by Gasteiger charge is 2.69. The van der Waals surface area contributed by atoms with Crippen LogP contribution in [0.3, 0.4) is 0 Å². The van der Waals surface area contributed by atoms with Crippen molar-refractivity contribution in [2.75, 3.05) is 0 Å². The van der Waals surface area contributed by atoms with Gasteiger partial charge in [0.2, 0.25) is 0 Å². The maximum Gasteiger partial charge on any atom is 0.0586 e. The monoisotopic (exact) mass is 1060 g/mol. The van der Waals surface area contributed by atoms with E-state index in [0.717, 1.165) is 22.3 Å². The van der Waals surface area contributed by atoms with Crippen molar-refractivity contribution in [1.82, 2.24) is 0 Å². The molecule has 0 spiro atoms. The summed E-state index contributed by atoms with van der Waals surface area (Å²) in [4.78, 5) is 0. The Balaban J connectivity index is 5.48. The standard InChI is InChI=1S/C66H123BrCl2/c1-15-25-35-36-37-38-39-40-44-57-58(43-28-18-4)62(69)61(67)59(53-68)60(57)64(51-54(11)12,52-55(13)14)65(48-32-22-8,49-33-23-9)66(50-34-24-10,56(41-26-16-2)42-27-17-3)63(45-29-19-5,46-30-20-6)47-31-21-7/h54-56H,15-53H2,1-14H3. The molecule has 69 heavy (non-hydrogen) atoms. The van der Waals surface area contributed by atoms with E-state index in [2.05, 4.69) is 113 Å². The first-order chi connectivity index (χ1) is 33.3. The maximum atomic E-state index is 7.91. The van der Waals surface area contributed by atoms with Gasteiger partial charge in [-0.3, -0.25) is 0 Å². The van der Waals surface area contributed by atoms with Crippen molar-refractivity contribution < 1.29 is 0 Å². The van der Waals surface area contributed by atoms with Crippen molar-refractivity contribution in [3.8, 4) is 0 Å². The van der Waals surface area contributed by atoms with Gasteiger partial charge in [-0.25, -0.2) is 0 Å². The third-order valence-electron chi connectivity index (χ3n) is 18.0. The van der Waals surface area contributed by atoms with E-state index in [-0.39, 0.29) is 21.7 Å². The summed E-state index contributed by atoms with van der Waals surface area (Å²) in [7, 11) is 0. The molecule has 0 nitrogen and oxygen atoms in total. The summed E-state index contributed by atoms with van der Waals surface area (Å²) in [6, 6.07) is 0. The topological polar surface area (TPSA) is 0 Å². The first-order valence-electron chi connectivity index (χ1n) is 31.3. The van der Waals surface area contributed by atoms with Gasteiger partial charge >= 0.3 is 0 Å². The minimum atomic E-state index is -0.0756. The lowest BCUT2D eigenvalue weighted by Gasteiger charge is -2.72. The fourth-order valence-electron chi connectivity index (χ4n) is 15.2. The Morgan fingerprint density at radius 1 is 0.420 bits per heavy atom. The van der Waals surface area contributed by atoms with Crippen LogP contribution >= 0.6 is 39.1 Å². The average Bonchev–Trinajstić information content (AvgIpc) is 3.33. The second-order valence-corrected chi connectivity index (χ2v) is 25.6. The highest BCUT2D eigenvalue weighted by Crippen LogP contribution is 2.76. The van der Waals surface area contributed by atoms with Crippen LogP contribution in [-0.2, 0) is 24.1 Å². The zero-order chi connectivity index (χ0) is 51.8. The predicted octanol–water partition coefficient (Wildman–Crippen LogP) is 25.3. The molecule has 0 heterocycles. The molecule has 1 rings (SSSR count). The molecule has 1 aromatic carbocycles. The van der Waals surface area contributed by atoms with Gasteiger partial charge in [0.15, 0.2) is 0 Å². The highest BCUT2D eigenvalue weighted by atomic mass is 79.9. The molecular weight excluding hydrogens is 944 g/mol. The van der Waals surface area contributed by atoms with Crippen LogP contribution < -0.4 is 0 Å². The molecule has 0 amide bonds. The molecule has 0 aliphatic carbocycles. The zero-order valence-corrected chi connectivity index (χ0v) is 52.5. The molecule has 0 aliphatic rings. The lowest BCUT2D eigenvalue weighted by Crippen LogP contribution is -2.66. The van der Waals surface area contributed by atoms with Crippen LogP contribution in [0.5, 0.6) is 0 Å². The Labute approximate surface area is 454 Å². The fourth-order valence-corrected chi connectivity index (χ4v) is 16.6. The molecule has 0 bridgehead atoms. The van der Waals surface area contributed by atoms with Gasteiger partial charge < -0.3 is 0 Å². The molecule has 3 heteroatoms. The number of unbranched alkanes of at least 4 members (excludes halogenated alkanes) is 16. The van der Waals surface area contributed by atoms with Crippen LogP contribution in [0.2, 0.25) is 5.02 Å². The summed E-state index contributed by atoms with van der Waals surface area (Å²) in [5, 5.41) is 0.984. The van der Waals surface area contributed by atoms with Crippen molar-refractivity contribution in [3.63, 3.8) is 0 Å². The quantitative estimate of drug-likeness (QED) is 0.0451. The molecule has 0 radical (unpaired) electrons. The minimum Gasteiger partial charge on any atom is -0.121 e. The Kier molecular flexibility index (Phi) is 37.0. The Bertz CT molecular complexity index is 1360. The van der Waals surface area contributed by atoms with Gasteiger partial charge in [0, 0.05) is 15.8 Å². The largest absolute Gasteiger partial charge is 0.121 e. The zero-order valence-electron chi connectivity index (χ0n) is 49.4. The lowest BCUT2D eigenvalue weighted by molar-refractivity contribution is -0.210. The van der Waals surface area contributed by atoms with Crippen LogP contribution in [0.25, 0.3) is 0 Å². The van der Waals surface area contributed by atoms with Gasteiger partial charge in [0.25, 0.3) is 0 Å². The highest BCUT2D eigenvalue weighted by molar-refractivity contribution is 9.10. The van der Waals surface area contributed by atoms with Gasteiger partial charge in [0.05, 0.1) is 5.02 Å². The second-order valence-electron chi connectivity index (χ2n) is 24.1. The van der Waals surface area contributed by atoms with Gasteiger partial charge in [-0.15, -0.1) is 11.6 Å². The summed E-state index contributed by atoms with van der Waals surface area (Å²) >= 11 is 20.0. The molecule has 0 saturated carbocycles. The third kappa shape index (κ3) is 18.5. The van der Waals surface area contributed by atoms with Crippen molar-refractivity contribution >= 4 is 39.1 Å². The summed E-state index contributed by atoms with van der Waals surface area (Å²) in [6.07, 6.45) is 49.9. The molecule has 0 aromatic heterocycles. The summed E-state index contributed by atoms with van der Waals surface area (Å²) in [6.45, 7) is 35.4. The van der Waals surface area contributed by atoms with Gasteiger partial charge in [0.1, 0.15) is 0 Å². The van der Waals surface area contributed by atoms with Crippen LogP contribution in [0.15, 0.2) is 4.47 Å². The Morgan fingerprint density at radius 2 is 0.797 bits per heavy atom. The smallest absolute Gasteiger partial charge is 0.0586 e. The molecule has 1 aromatic rings. The van der Waals surface area contributed by atoms with E-state index in [1.807, 2.05) is 0 Å². The van der Waals surface area contributed by atoms with E-state index in [9.17, 15) is 0 Å². The van der Waals surface area contributed by atoms with Crippen LogP contribution in [0, 0.1) is 34.0 Å². The molecule has 1 unspecified atom stereocenters. The molecule has 0 fully saturated rings. The predicted molar refractivity (Wildman–Crippen MR) is 321 cm³/mol. The van der Waals surface area contributed by atoms with E-state index in [1.165, 1.54) is 242 Å². The van der Waals surface area contributed by atoms with Crippen molar-refractivity contribution in [3.05, 3.63) is 31.7 Å². The van der Waals surface area contributed by atoms with Crippen molar-refractivity contribution in [2.24, 2.45) is 34.0 Å². The van der Waals surface area contributed by atoms with Gasteiger partial charge in [-0.1, -0.05) is 263 Å². The molecule has 408 valence electrons. The van der Waals surface area contributed by atoms with E-state index in [1.54, 1.807) is 11.1 Å². The number of hydrogen-bond acceptors (Lipinski definition) is 0. The SMILES string of the molecule is CCCCCCCCCCc1c(CCCC)c(Cl)c(Br)c(CCl)c1C(CC(C)C)(CC(C)C)C(CCCC)(CCCC)C(CCCC)(C(CCCC)CCCC)C(CCCC)(CCCC)CCCC. The third-order valence-corrected chi connectivity index (χ3v) is 19.8. The molecule has 1 atom stereocenters. The number of hydrogen-bond donors (Lipinski definition) is 0. The lowest BCUT2D eigenvalue weighted by atomic mass is 9.32. The van der Waals surface area contributed by atoms with Crippen molar-refractivity contribution in [2.45, 2.75) is 352 Å². The van der Waals surface area contributed by atoms with E-state index >= 15 is 0 Å². The molecular formula is C66H123BrCl2. The number of alkyl halides is 1. The van der Waals surface area contributed by atoms with Crippen LogP contribution in [-0.4, -0.2) is 0 Å². The Morgan fingerprint density at radius 3 is 1.20 bits per heavy atom. The van der Waals surface area contributed by atoms with Gasteiger partial charge in [-0.05, 0) is 162 Å². The first-order valence-corrected chi connectivity index (χ1v) is 33.0. The maximum absolute atomic E-state index is 7.91. The van der Waals surface area contributed by atoms with E-state index < -0.39 is 0 Å². The summed E-state index contributed by atoms with van der Waals surface area (Å²) in [5.74, 6) is 2.31. The van der Waals surface area contributed by atoms with E-state index in [4.69, 9.17) is 23.2 Å². The van der Waals surface area contributed by atoms with E-state index in [0.29, 0.717) is 23.6 Å². The van der Waals surface area contributed by atoms with Crippen LogP contribution in [0.1, 0.15) is 350 Å². The first kappa shape index (κ1) is 67.3. The average molecular weight is 1070 g/mol. The minimum absolute atomic E-state index is 0.0707. The normalized spacial score (nSPS) is 13.7. The second kappa shape index (κ2) is 37.9. The van der Waals surface area contributed by atoms with Gasteiger partial charge in [-0.2, -0.15) is 0 Å². The molecule has 0 aliphatic heterocycles. The van der Waals surface area contributed by atoms with Crippen LogP contribution in [0.4, 0.5) is 0 Å². The van der Waals surface area contributed by atoms with Crippen molar-refractivity contribution in [1.29, 1.82) is 0 Å². The Hall–Kier alpha value is 0.280. The summed E-state index contributed by atoms with van der Waals surface area (Å²) < 4.78 is 1.14. The number of benzene rings is 1. The fraction of sp³-hybridized carbons (Fsp3) is 0.909. The number of rotatable bonds is 46. The molecule has 0 N–H and O–H groups in total. The molecule has 0 saturated heterocycles. The number of halogens is 3.